The SMILES string of the molecule is COc1ccc(/C(O)=C2\C(=O)C(=O)N(c3ccc(C)cc3C)C2c2cccnc2)cc1C. The molecule has 0 bridgehead atoms. The van der Waals surface area contributed by atoms with Gasteiger partial charge >= 0.3 is 0 Å². The number of carbonyl (C=O) groups excluding carboxylic acids is 2. The minimum atomic E-state index is -0.799. The molecule has 0 aliphatic carbocycles. The van der Waals surface area contributed by atoms with Crippen molar-refractivity contribution in [1.82, 2.24) is 4.98 Å². The molecule has 6 heteroatoms. The highest BCUT2D eigenvalue weighted by molar-refractivity contribution is 6.51. The lowest BCUT2D eigenvalue weighted by atomic mass is 9.95. The van der Waals surface area contributed by atoms with Crippen LogP contribution in [0.5, 0.6) is 5.75 Å². The second kappa shape index (κ2) is 8.30. The van der Waals surface area contributed by atoms with Crippen LogP contribution in [-0.4, -0.2) is 28.9 Å². The van der Waals surface area contributed by atoms with Crippen LogP contribution in [0.15, 0.2) is 66.5 Å². The predicted octanol–water partition coefficient (Wildman–Crippen LogP) is 4.64. The first-order valence-corrected chi connectivity index (χ1v) is 10.3. The van der Waals surface area contributed by atoms with Gasteiger partial charge in [-0.05, 0) is 67.8 Å². The Hall–Kier alpha value is -3.93. The van der Waals surface area contributed by atoms with Crippen molar-refractivity contribution in [1.29, 1.82) is 0 Å². The van der Waals surface area contributed by atoms with Crippen LogP contribution in [0.3, 0.4) is 0 Å². The van der Waals surface area contributed by atoms with E-state index >= 15 is 0 Å². The number of ketones is 1. The smallest absolute Gasteiger partial charge is 0.300 e. The lowest BCUT2D eigenvalue weighted by molar-refractivity contribution is -0.132. The number of methoxy groups -OCH3 is 1. The third kappa shape index (κ3) is 3.54. The third-order valence-corrected chi connectivity index (χ3v) is 5.72. The monoisotopic (exact) mass is 428 g/mol. The number of Topliss-reactive ketones (excluding diaryl/α,β-unsaturated/α-hetero) is 1. The van der Waals surface area contributed by atoms with Gasteiger partial charge in [-0.15, -0.1) is 0 Å². The number of aryl methyl sites for hydroxylation is 3. The molecule has 2 heterocycles. The van der Waals surface area contributed by atoms with E-state index in [9.17, 15) is 14.7 Å². The van der Waals surface area contributed by atoms with E-state index in [0.29, 0.717) is 22.6 Å². The second-order valence-corrected chi connectivity index (χ2v) is 7.93. The van der Waals surface area contributed by atoms with Gasteiger partial charge in [0.1, 0.15) is 11.5 Å². The van der Waals surface area contributed by atoms with E-state index in [2.05, 4.69) is 4.98 Å². The normalized spacial score (nSPS) is 17.6. The minimum absolute atomic E-state index is 0.0348. The molecule has 3 aromatic rings. The third-order valence-electron chi connectivity index (χ3n) is 5.72. The summed E-state index contributed by atoms with van der Waals surface area (Å²) in [6, 6.07) is 13.6. The standard InChI is InChI=1S/C26H24N2O4/c1-15-7-9-20(16(2)12-15)28-23(19-6-5-11-27-14-19)22(25(30)26(28)31)24(29)18-8-10-21(32-4)17(3)13-18/h5-14,23,29H,1-4H3/b24-22+. The van der Waals surface area contributed by atoms with Crippen molar-refractivity contribution in [2.75, 3.05) is 12.0 Å². The van der Waals surface area contributed by atoms with E-state index in [-0.39, 0.29) is 11.3 Å². The Morgan fingerprint density at radius 2 is 1.81 bits per heavy atom. The summed E-state index contributed by atoms with van der Waals surface area (Å²) in [5, 5.41) is 11.2. The van der Waals surface area contributed by atoms with Crippen LogP contribution in [0.25, 0.3) is 5.76 Å². The van der Waals surface area contributed by atoms with E-state index in [4.69, 9.17) is 4.74 Å². The number of carbonyl (C=O) groups is 2. The van der Waals surface area contributed by atoms with Crippen LogP contribution in [0, 0.1) is 20.8 Å². The Morgan fingerprint density at radius 1 is 1.03 bits per heavy atom. The van der Waals surface area contributed by atoms with Gasteiger partial charge in [0.25, 0.3) is 11.7 Å². The van der Waals surface area contributed by atoms with Crippen LogP contribution < -0.4 is 9.64 Å². The van der Waals surface area contributed by atoms with Crippen molar-refractivity contribution in [3.8, 4) is 5.75 Å². The highest BCUT2D eigenvalue weighted by Crippen LogP contribution is 2.43. The maximum Gasteiger partial charge on any atom is 0.300 e. The maximum absolute atomic E-state index is 13.2. The molecule has 6 nitrogen and oxygen atoms in total. The molecule has 4 rings (SSSR count). The molecule has 1 saturated heterocycles. The summed E-state index contributed by atoms with van der Waals surface area (Å²) in [7, 11) is 1.57. The molecule has 1 unspecified atom stereocenters. The fourth-order valence-corrected chi connectivity index (χ4v) is 4.19. The molecule has 162 valence electrons. The van der Waals surface area contributed by atoms with Crippen molar-refractivity contribution in [2.45, 2.75) is 26.8 Å². The molecule has 2 aromatic carbocycles. The fourth-order valence-electron chi connectivity index (χ4n) is 4.19. The van der Waals surface area contributed by atoms with Crippen molar-refractivity contribution in [3.05, 3.63) is 94.3 Å². The lowest BCUT2D eigenvalue weighted by Gasteiger charge is -2.26. The Morgan fingerprint density at radius 3 is 2.44 bits per heavy atom. The van der Waals surface area contributed by atoms with Gasteiger partial charge in [-0.2, -0.15) is 0 Å². The number of benzene rings is 2. The van der Waals surface area contributed by atoms with E-state index in [1.54, 1.807) is 49.8 Å². The van der Waals surface area contributed by atoms with Crippen molar-refractivity contribution in [3.63, 3.8) is 0 Å². The molecule has 0 radical (unpaired) electrons. The number of aliphatic hydroxyl groups is 1. The average molecular weight is 428 g/mol. The first-order valence-electron chi connectivity index (χ1n) is 10.3. The number of hydrogen-bond acceptors (Lipinski definition) is 5. The Balaban J connectivity index is 1.95. The molecule has 32 heavy (non-hydrogen) atoms. The minimum Gasteiger partial charge on any atom is -0.507 e. The molecule has 1 aromatic heterocycles. The van der Waals surface area contributed by atoms with Crippen LogP contribution in [0.2, 0.25) is 0 Å². The van der Waals surface area contributed by atoms with Gasteiger partial charge in [-0.1, -0.05) is 23.8 Å². The molecule has 1 aliphatic rings. The topological polar surface area (TPSA) is 79.7 Å². The average Bonchev–Trinajstić information content (AvgIpc) is 3.04. The number of amides is 1. The van der Waals surface area contributed by atoms with Gasteiger partial charge in [0, 0.05) is 23.6 Å². The molecule has 1 N–H and O–H groups in total. The van der Waals surface area contributed by atoms with Gasteiger partial charge in [-0.3, -0.25) is 19.5 Å². The molecule has 1 amide bonds. The molecular weight excluding hydrogens is 404 g/mol. The fraction of sp³-hybridized carbons (Fsp3) is 0.192. The first-order chi connectivity index (χ1) is 15.3. The van der Waals surface area contributed by atoms with Gasteiger partial charge in [-0.25, -0.2) is 0 Å². The molecule has 0 saturated carbocycles. The van der Waals surface area contributed by atoms with Crippen molar-refractivity contribution < 1.29 is 19.4 Å². The van der Waals surface area contributed by atoms with E-state index in [1.807, 2.05) is 39.0 Å². The van der Waals surface area contributed by atoms with Gasteiger partial charge in [0.2, 0.25) is 0 Å². The number of hydrogen-bond donors (Lipinski definition) is 1. The number of nitrogens with zero attached hydrogens (tertiary/aromatic N) is 2. The summed E-state index contributed by atoms with van der Waals surface area (Å²) in [5.74, 6) is -0.973. The zero-order valence-electron chi connectivity index (χ0n) is 18.4. The Kier molecular flexibility index (Phi) is 5.53. The number of rotatable bonds is 4. The Labute approximate surface area is 186 Å². The summed E-state index contributed by atoms with van der Waals surface area (Å²) in [6.07, 6.45) is 3.24. The molecule has 0 spiro atoms. The second-order valence-electron chi connectivity index (χ2n) is 7.93. The van der Waals surface area contributed by atoms with E-state index in [0.717, 1.165) is 16.7 Å². The highest BCUT2D eigenvalue weighted by atomic mass is 16.5. The van der Waals surface area contributed by atoms with E-state index < -0.39 is 17.7 Å². The molecule has 1 fully saturated rings. The summed E-state index contributed by atoms with van der Waals surface area (Å²) in [4.78, 5) is 32.1. The molecule has 1 atom stereocenters. The summed E-state index contributed by atoms with van der Waals surface area (Å²) in [6.45, 7) is 5.72. The lowest BCUT2D eigenvalue weighted by Crippen LogP contribution is -2.30. The van der Waals surface area contributed by atoms with Gasteiger partial charge < -0.3 is 9.84 Å². The summed E-state index contributed by atoms with van der Waals surface area (Å²) < 4.78 is 5.30. The van der Waals surface area contributed by atoms with Crippen molar-refractivity contribution >= 4 is 23.1 Å². The Bertz CT molecular complexity index is 1250. The number of ether oxygens (including phenoxy) is 1. The van der Waals surface area contributed by atoms with Crippen LogP contribution in [0.1, 0.15) is 33.9 Å². The summed E-state index contributed by atoms with van der Waals surface area (Å²) >= 11 is 0. The highest BCUT2D eigenvalue weighted by Gasteiger charge is 2.47. The number of aromatic nitrogens is 1. The van der Waals surface area contributed by atoms with Crippen LogP contribution in [0.4, 0.5) is 5.69 Å². The van der Waals surface area contributed by atoms with Crippen LogP contribution >= 0.6 is 0 Å². The molecule has 1 aliphatic heterocycles. The van der Waals surface area contributed by atoms with Gasteiger partial charge in [0.15, 0.2) is 0 Å². The zero-order chi connectivity index (χ0) is 23.0. The van der Waals surface area contributed by atoms with Gasteiger partial charge in [0.05, 0.1) is 18.7 Å². The predicted molar refractivity (Wildman–Crippen MR) is 123 cm³/mol. The maximum atomic E-state index is 13.2. The molecular formula is C26H24N2O4. The quantitative estimate of drug-likeness (QED) is 0.372. The zero-order valence-corrected chi connectivity index (χ0v) is 18.4. The summed E-state index contributed by atoms with van der Waals surface area (Å²) in [5.41, 5.74) is 4.45. The largest absolute Gasteiger partial charge is 0.507 e. The number of pyridine rings is 1. The van der Waals surface area contributed by atoms with Crippen molar-refractivity contribution in [2.24, 2.45) is 0 Å². The number of aliphatic hydroxyl groups excluding tert-OH is 1. The van der Waals surface area contributed by atoms with E-state index in [1.165, 1.54) is 4.90 Å². The number of anilines is 1. The first kappa shape index (κ1) is 21.3. The van der Waals surface area contributed by atoms with Crippen LogP contribution in [-0.2, 0) is 9.59 Å².